The zero-order valence-electron chi connectivity index (χ0n) is 16.5. The maximum Gasteiger partial charge on any atom is 0.180 e. The summed E-state index contributed by atoms with van der Waals surface area (Å²) in [5.74, 6) is 0.872. The molecule has 0 amide bonds. The maximum atomic E-state index is 9.60. The van der Waals surface area contributed by atoms with Gasteiger partial charge in [-0.3, -0.25) is 0 Å². The molecular weight excluding hydrogens is 476 g/mol. The Morgan fingerprint density at radius 1 is 0.903 bits per heavy atom. The van der Waals surface area contributed by atoms with Crippen LogP contribution >= 0.6 is 46.4 Å². The zero-order chi connectivity index (χ0) is 22.4. The summed E-state index contributed by atoms with van der Waals surface area (Å²) in [6.45, 7) is 2.48. The summed E-state index contributed by atoms with van der Waals surface area (Å²) >= 11 is 24.6. The fourth-order valence-electron chi connectivity index (χ4n) is 2.84. The molecule has 0 unspecified atom stereocenters. The molecule has 0 aliphatic rings. The van der Waals surface area contributed by atoms with Gasteiger partial charge in [-0.05, 0) is 60.5 Å². The summed E-state index contributed by atoms with van der Waals surface area (Å²) in [5, 5.41) is 11.6. The van der Waals surface area contributed by atoms with Crippen LogP contribution in [-0.4, -0.2) is 6.61 Å². The van der Waals surface area contributed by atoms with Crippen molar-refractivity contribution in [3.05, 3.63) is 91.4 Å². The summed E-state index contributed by atoms with van der Waals surface area (Å²) < 4.78 is 11.7. The average Bonchev–Trinajstić information content (AvgIpc) is 2.73. The molecule has 0 N–H and O–H groups in total. The number of halogens is 4. The van der Waals surface area contributed by atoms with Gasteiger partial charge in [0.1, 0.15) is 6.61 Å². The van der Waals surface area contributed by atoms with E-state index in [0.29, 0.717) is 49.3 Å². The standard InChI is InChI=1S/C24H17Cl4NO2/c1-2-30-23-11-15(9-18(13-29)16-3-6-19(25)7-4-16)10-22(28)24(23)31-14-17-5-8-20(26)12-21(17)27/h3-12H,2,14H2,1H3/b18-9+. The first-order valence-electron chi connectivity index (χ1n) is 9.32. The molecule has 0 atom stereocenters. The van der Waals surface area contributed by atoms with Crippen LogP contribution in [0.15, 0.2) is 54.6 Å². The van der Waals surface area contributed by atoms with E-state index >= 15 is 0 Å². The zero-order valence-corrected chi connectivity index (χ0v) is 19.5. The highest BCUT2D eigenvalue weighted by molar-refractivity contribution is 6.35. The molecule has 0 spiro atoms. The Bertz CT molecular complexity index is 1150. The maximum absolute atomic E-state index is 9.60. The second-order valence-electron chi connectivity index (χ2n) is 6.46. The monoisotopic (exact) mass is 491 g/mol. The van der Waals surface area contributed by atoms with Crippen LogP contribution in [0.3, 0.4) is 0 Å². The fraction of sp³-hybridized carbons (Fsp3) is 0.125. The molecule has 3 nitrogen and oxygen atoms in total. The van der Waals surface area contributed by atoms with Gasteiger partial charge < -0.3 is 9.47 Å². The molecule has 3 rings (SSSR count). The van der Waals surface area contributed by atoms with Crippen LogP contribution in [0, 0.1) is 11.3 Å². The van der Waals surface area contributed by atoms with E-state index in [-0.39, 0.29) is 6.61 Å². The summed E-state index contributed by atoms with van der Waals surface area (Å²) in [5.41, 5.74) is 2.69. The van der Waals surface area contributed by atoms with E-state index in [1.807, 2.05) is 6.92 Å². The predicted octanol–water partition coefficient (Wildman–Crippen LogP) is 8.34. The molecule has 7 heteroatoms. The molecular formula is C24H17Cl4NO2. The highest BCUT2D eigenvalue weighted by Gasteiger charge is 2.14. The second kappa shape index (κ2) is 10.8. The van der Waals surface area contributed by atoms with Crippen molar-refractivity contribution >= 4 is 58.1 Å². The largest absolute Gasteiger partial charge is 0.490 e. The average molecular weight is 493 g/mol. The second-order valence-corrected chi connectivity index (χ2v) is 8.15. The van der Waals surface area contributed by atoms with Crippen LogP contribution in [0.5, 0.6) is 11.5 Å². The summed E-state index contributed by atoms with van der Waals surface area (Å²) in [7, 11) is 0. The minimum atomic E-state index is 0.194. The molecule has 31 heavy (non-hydrogen) atoms. The van der Waals surface area contributed by atoms with Gasteiger partial charge in [0.25, 0.3) is 0 Å². The number of rotatable bonds is 7. The lowest BCUT2D eigenvalue weighted by Crippen LogP contribution is -2.01. The summed E-state index contributed by atoms with van der Waals surface area (Å²) in [4.78, 5) is 0. The van der Waals surface area contributed by atoms with Crippen molar-refractivity contribution in [2.24, 2.45) is 0 Å². The minimum Gasteiger partial charge on any atom is -0.490 e. The predicted molar refractivity (Wildman–Crippen MR) is 128 cm³/mol. The van der Waals surface area contributed by atoms with Crippen molar-refractivity contribution in [3.63, 3.8) is 0 Å². The van der Waals surface area contributed by atoms with Gasteiger partial charge in [-0.25, -0.2) is 0 Å². The van der Waals surface area contributed by atoms with E-state index < -0.39 is 0 Å². The van der Waals surface area contributed by atoms with Crippen LogP contribution in [-0.2, 0) is 6.61 Å². The molecule has 3 aromatic carbocycles. The van der Waals surface area contributed by atoms with Crippen molar-refractivity contribution in [3.8, 4) is 17.6 Å². The molecule has 0 aliphatic heterocycles. The fourth-order valence-corrected chi connectivity index (χ4v) is 3.70. The lowest BCUT2D eigenvalue weighted by Gasteiger charge is -2.15. The first kappa shape index (κ1) is 23.3. The molecule has 0 aromatic heterocycles. The smallest absolute Gasteiger partial charge is 0.180 e. The van der Waals surface area contributed by atoms with Crippen molar-refractivity contribution in [2.75, 3.05) is 6.61 Å². The van der Waals surface area contributed by atoms with Crippen LogP contribution in [0.4, 0.5) is 0 Å². The van der Waals surface area contributed by atoms with E-state index in [1.54, 1.807) is 60.7 Å². The lowest BCUT2D eigenvalue weighted by molar-refractivity contribution is 0.269. The summed E-state index contributed by atoms with van der Waals surface area (Å²) in [6, 6.07) is 17.9. The normalized spacial score (nSPS) is 11.2. The Labute approximate surface area is 201 Å². The topological polar surface area (TPSA) is 42.2 Å². The first-order valence-corrected chi connectivity index (χ1v) is 10.8. The van der Waals surface area contributed by atoms with Gasteiger partial charge in [0.05, 0.1) is 23.3 Å². The highest BCUT2D eigenvalue weighted by Crippen LogP contribution is 2.38. The number of hydrogen-bond acceptors (Lipinski definition) is 3. The van der Waals surface area contributed by atoms with Crippen molar-refractivity contribution in [2.45, 2.75) is 13.5 Å². The van der Waals surface area contributed by atoms with E-state index in [4.69, 9.17) is 55.9 Å². The van der Waals surface area contributed by atoms with E-state index in [2.05, 4.69) is 6.07 Å². The number of ether oxygens (including phenoxy) is 2. The molecule has 0 saturated carbocycles. The van der Waals surface area contributed by atoms with Gasteiger partial charge in [-0.1, -0.05) is 64.6 Å². The Balaban J connectivity index is 1.92. The number of benzene rings is 3. The van der Waals surface area contributed by atoms with Crippen molar-refractivity contribution in [1.29, 1.82) is 5.26 Å². The van der Waals surface area contributed by atoms with Gasteiger partial charge in [0.15, 0.2) is 11.5 Å². The molecule has 3 aromatic rings. The molecule has 0 heterocycles. The van der Waals surface area contributed by atoms with Crippen LogP contribution < -0.4 is 9.47 Å². The highest BCUT2D eigenvalue weighted by atomic mass is 35.5. The number of allylic oxidation sites excluding steroid dienone is 1. The van der Waals surface area contributed by atoms with Crippen LogP contribution in [0.2, 0.25) is 20.1 Å². The Morgan fingerprint density at radius 2 is 1.61 bits per heavy atom. The van der Waals surface area contributed by atoms with E-state index in [1.165, 1.54) is 0 Å². The number of nitrogens with zero attached hydrogens (tertiary/aromatic N) is 1. The summed E-state index contributed by atoms with van der Waals surface area (Å²) in [6.07, 6.45) is 1.73. The third-order valence-corrected chi connectivity index (χ3v) is 5.43. The molecule has 158 valence electrons. The lowest BCUT2D eigenvalue weighted by atomic mass is 10.0. The molecule has 0 bridgehead atoms. The molecule has 0 radical (unpaired) electrons. The van der Waals surface area contributed by atoms with Gasteiger partial charge in [0, 0.05) is 20.6 Å². The Hall–Kier alpha value is -2.35. The Morgan fingerprint density at radius 3 is 2.26 bits per heavy atom. The van der Waals surface area contributed by atoms with E-state index in [9.17, 15) is 5.26 Å². The third-order valence-electron chi connectivity index (χ3n) is 4.31. The van der Waals surface area contributed by atoms with E-state index in [0.717, 1.165) is 11.1 Å². The molecule has 0 aliphatic carbocycles. The van der Waals surface area contributed by atoms with Gasteiger partial charge >= 0.3 is 0 Å². The van der Waals surface area contributed by atoms with Crippen LogP contribution in [0.25, 0.3) is 11.6 Å². The van der Waals surface area contributed by atoms with Crippen molar-refractivity contribution in [1.82, 2.24) is 0 Å². The quantitative estimate of drug-likeness (QED) is 0.246. The third kappa shape index (κ3) is 6.09. The number of hydrogen-bond donors (Lipinski definition) is 0. The van der Waals surface area contributed by atoms with Crippen molar-refractivity contribution < 1.29 is 9.47 Å². The van der Waals surface area contributed by atoms with Gasteiger partial charge in [0.2, 0.25) is 0 Å². The SMILES string of the molecule is CCOc1cc(/C=C(\C#N)c2ccc(Cl)cc2)cc(Cl)c1OCc1ccc(Cl)cc1Cl. The minimum absolute atomic E-state index is 0.194. The number of nitriles is 1. The van der Waals surface area contributed by atoms with Gasteiger partial charge in [-0.15, -0.1) is 0 Å². The van der Waals surface area contributed by atoms with Gasteiger partial charge in [-0.2, -0.15) is 5.26 Å². The molecule has 0 saturated heterocycles. The first-order chi connectivity index (χ1) is 14.9. The Kier molecular flexibility index (Phi) is 8.12. The molecule has 0 fully saturated rings. The van der Waals surface area contributed by atoms with Crippen LogP contribution in [0.1, 0.15) is 23.6 Å².